The van der Waals surface area contributed by atoms with E-state index in [0.717, 1.165) is 36.3 Å². The van der Waals surface area contributed by atoms with Crippen LogP contribution in [0.1, 0.15) is 31.0 Å². The van der Waals surface area contributed by atoms with Crippen molar-refractivity contribution >= 4 is 38.2 Å². The second-order valence-electron chi connectivity index (χ2n) is 7.33. The van der Waals surface area contributed by atoms with Crippen LogP contribution in [0.5, 0.6) is 0 Å². The van der Waals surface area contributed by atoms with E-state index >= 15 is 0 Å². The summed E-state index contributed by atoms with van der Waals surface area (Å²) < 4.78 is 27.5. The molecule has 28 heavy (non-hydrogen) atoms. The zero-order valence-electron chi connectivity index (χ0n) is 14.9. The van der Waals surface area contributed by atoms with Gasteiger partial charge in [0.2, 0.25) is 0 Å². The maximum atomic E-state index is 12.8. The number of nitrogens with one attached hydrogen (secondary N) is 1. The summed E-state index contributed by atoms with van der Waals surface area (Å²) in [5.41, 5.74) is 2.43. The Labute approximate surface area is 166 Å². The third kappa shape index (κ3) is 2.97. The molecule has 7 nitrogen and oxygen atoms in total. The first-order valence-electron chi connectivity index (χ1n) is 9.17. The van der Waals surface area contributed by atoms with Crippen molar-refractivity contribution in [3.05, 3.63) is 53.6 Å². The van der Waals surface area contributed by atoms with Crippen LogP contribution in [0.3, 0.4) is 0 Å². The van der Waals surface area contributed by atoms with Crippen LogP contribution in [0.25, 0.3) is 16.8 Å². The Morgan fingerprint density at radius 2 is 1.96 bits per heavy atom. The molecule has 0 saturated heterocycles. The Bertz CT molecular complexity index is 1260. The Morgan fingerprint density at radius 1 is 1.14 bits per heavy atom. The number of hydrogen-bond donors (Lipinski definition) is 1. The SMILES string of the molecule is O=S(=O)(C[C@H]1CC[C@@H](c2nnc3cnc4[nH]ccc4n23)C1)c1ccc(Cl)cc1. The van der Waals surface area contributed by atoms with E-state index in [1.807, 2.05) is 16.7 Å². The van der Waals surface area contributed by atoms with Crippen molar-refractivity contribution in [2.24, 2.45) is 5.92 Å². The van der Waals surface area contributed by atoms with E-state index in [1.54, 1.807) is 30.5 Å². The van der Waals surface area contributed by atoms with Gasteiger partial charge < -0.3 is 4.98 Å². The van der Waals surface area contributed by atoms with E-state index in [1.165, 1.54) is 0 Å². The van der Waals surface area contributed by atoms with E-state index in [2.05, 4.69) is 20.2 Å². The van der Waals surface area contributed by atoms with Gasteiger partial charge in [-0.1, -0.05) is 11.6 Å². The predicted octanol–water partition coefficient (Wildman–Crippen LogP) is 3.62. The number of hydrogen-bond acceptors (Lipinski definition) is 5. The largest absolute Gasteiger partial charge is 0.345 e. The van der Waals surface area contributed by atoms with Gasteiger partial charge in [0, 0.05) is 17.1 Å². The predicted molar refractivity (Wildman–Crippen MR) is 106 cm³/mol. The average Bonchev–Trinajstić information content (AvgIpc) is 3.39. The number of nitrogens with zero attached hydrogens (tertiary/aromatic N) is 4. The second kappa shape index (κ2) is 6.56. The van der Waals surface area contributed by atoms with Gasteiger partial charge in [0.25, 0.3) is 0 Å². The molecule has 1 saturated carbocycles. The van der Waals surface area contributed by atoms with Gasteiger partial charge in [-0.15, -0.1) is 10.2 Å². The molecule has 1 aromatic carbocycles. The molecule has 3 heterocycles. The zero-order chi connectivity index (χ0) is 19.3. The molecule has 0 amide bonds. The Hall–Kier alpha value is -2.45. The lowest BCUT2D eigenvalue weighted by atomic mass is 10.1. The van der Waals surface area contributed by atoms with Crippen LogP contribution in [-0.2, 0) is 9.84 Å². The first-order valence-corrected chi connectivity index (χ1v) is 11.2. The number of rotatable bonds is 4. The second-order valence-corrected chi connectivity index (χ2v) is 9.80. The van der Waals surface area contributed by atoms with Crippen molar-refractivity contribution in [2.75, 3.05) is 5.75 Å². The molecule has 4 aromatic rings. The zero-order valence-corrected chi connectivity index (χ0v) is 16.5. The van der Waals surface area contributed by atoms with Crippen LogP contribution in [-0.4, -0.2) is 38.7 Å². The van der Waals surface area contributed by atoms with Crippen molar-refractivity contribution in [3.63, 3.8) is 0 Å². The number of H-pyrrole nitrogens is 1. The van der Waals surface area contributed by atoms with E-state index in [0.29, 0.717) is 15.6 Å². The van der Waals surface area contributed by atoms with Crippen LogP contribution in [0, 0.1) is 5.92 Å². The summed E-state index contributed by atoms with van der Waals surface area (Å²) in [7, 11) is -3.34. The molecule has 3 aromatic heterocycles. The summed E-state index contributed by atoms with van der Waals surface area (Å²) in [6, 6.07) is 8.34. The highest BCUT2D eigenvalue weighted by atomic mass is 35.5. The number of aromatic amines is 1. The fraction of sp³-hybridized carbons (Fsp3) is 0.316. The molecule has 144 valence electrons. The number of fused-ring (bicyclic) bond motifs is 3. The maximum Gasteiger partial charge on any atom is 0.179 e. The van der Waals surface area contributed by atoms with Gasteiger partial charge in [-0.25, -0.2) is 13.4 Å². The van der Waals surface area contributed by atoms with Crippen LogP contribution in [0.4, 0.5) is 0 Å². The van der Waals surface area contributed by atoms with Gasteiger partial charge in [0.15, 0.2) is 21.1 Å². The van der Waals surface area contributed by atoms with Crippen LogP contribution in [0.15, 0.2) is 47.6 Å². The molecule has 2 atom stereocenters. The standard InChI is InChI=1S/C19H18ClN5O2S/c20-14-3-5-15(6-4-14)28(26,27)11-12-1-2-13(9-12)19-24-23-17-10-22-18-16(25(17)19)7-8-21-18/h3-8,10,12-13,21H,1-2,9,11H2/t12-,13+/m0/s1. The van der Waals surface area contributed by atoms with Crippen molar-refractivity contribution in [2.45, 2.75) is 30.1 Å². The van der Waals surface area contributed by atoms with Crippen LogP contribution < -0.4 is 0 Å². The molecule has 1 aliphatic rings. The Balaban J connectivity index is 1.40. The highest BCUT2D eigenvalue weighted by Gasteiger charge is 2.33. The van der Waals surface area contributed by atoms with Gasteiger partial charge in [-0.3, -0.25) is 4.40 Å². The summed E-state index contributed by atoms with van der Waals surface area (Å²) in [5, 5.41) is 9.19. The fourth-order valence-electron chi connectivity index (χ4n) is 4.17. The highest BCUT2D eigenvalue weighted by Crippen LogP contribution is 2.39. The molecular weight excluding hydrogens is 398 g/mol. The Kier molecular flexibility index (Phi) is 4.13. The van der Waals surface area contributed by atoms with E-state index in [4.69, 9.17) is 11.6 Å². The van der Waals surface area contributed by atoms with Gasteiger partial charge in [-0.2, -0.15) is 0 Å². The molecule has 0 unspecified atom stereocenters. The first kappa shape index (κ1) is 17.6. The highest BCUT2D eigenvalue weighted by molar-refractivity contribution is 7.91. The first-order chi connectivity index (χ1) is 13.5. The fourth-order valence-corrected chi connectivity index (χ4v) is 5.96. The lowest BCUT2D eigenvalue weighted by molar-refractivity contribution is 0.550. The van der Waals surface area contributed by atoms with Gasteiger partial charge >= 0.3 is 0 Å². The summed E-state index contributed by atoms with van der Waals surface area (Å²) in [6.45, 7) is 0. The van der Waals surface area contributed by atoms with Crippen molar-refractivity contribution in [1.29, 1.82) is 0 Å². The smallest absolute Gasteiger partial charge is 0.179 e. The van der Waals surface area contributed by atoms with Gasteiger partial charge in [0.05, 0.1) is 22.4 Å². The molecule has 9 heteroatoms. The molecule has 5 rings (SSSR count). The van der Waals surface area contributed by atoms with E-state index < -0.39 is 9.84 Å². The molecule has 1 N–H and O–H groups in total. The minimum absolute atomic E-state index is 0.0987. The van der Waals surface area contributed by atoms with Gasteiger partial charge in [0.1, 0.15) is 5.82 Å². The normalized spacial score (nSPS) is 20.3. The minimum Gasteiger partial charge on any atom is -0.345 e. The number of sulfone groups is 1. The van der Waals surface area contributed by atoms with Crippen molar-refractivity contribution in [3.8, 4) is 0 Å². The minimum atomic E-state index is -3.34. The van der Waals surface area contributed by atoms with Crippen molar-refractivity contribution < 1.29 is 8.42 Å². The molecule has 0 radical (unpaired) electrons. The Morgan fingerprint density at radius 3 is 2.79 bits per heavy atom. The van der Waals surface area contributed by atoms with Gasteiger partial charge in [-0.05, 0) is 55.5 Å². The van der Waals surface area contributed by atoms with Crippen LogP contribution in [0.2, 0.25) is 5.02 Å². The topological polar surface area (TPSA) is 93.0 Å². The van der Waals surface area contributed by atoms with E-state index in [-0.39, 0.29) is 17.6 Å². The third-order valence-electron chi connectivity index (χ3n) is 5.50. The van der Waals surface area contributed by atoms with E-state index in [9.17, 15) is 8.42 Å². The molecule has 0 bridgehead atoms. The number of benzene rings is 1. The average molecular weight is 416 g/mol. The molecule has 1 aliphatic carbocycles. The lowest BCUT2D eigenvalue weighted by Gasteiger charge is -2.12. The summed E-state index contributed by atoms with van der Waals surface area (Å²) in [5.74, 6) is 1.30. The molecule has 1 fully saturated rings. The number of aromatic nitrogens is 5. The third-order valence-corrected chi connectivity index (χ3v) is 7.65. The molecular formula is C19H18ClN5O2S. The quantitative estimate of drug-likeness (QED) is 0.549. The summed E-state index contributed by atoms with van der Waals surface area (Å²) in [4.78, 5) is 7.78. The monoisotopic (exact) mass is 415 g/mol. The molecule has 0 aliphatic heterocycles. The summed E-state index contributed by atoms with van der Waals surface area (Å²) in [6.07, 6.45) is 6.08. The number of halogens is 1. The summed E-state index contributed by atoms with van der Waals surface area (Å²) >= 11 is 5.87. The lowest BCUT2D eigenvalue weighted by Crippen LogP contribution is -2.14. The van der Waals surface area contributed by atoms with Crippen molar-refractivity contribution in [1.82, 2.24) is 24.6 Å². The van der Waals surface area contributed by atoms with Crippen LogP contribution >= 0.6 is 11.6 Å². The molecule has 0 spiro atoms. The maximum absolute atomic E-state index is 12.8.